The number of nitrogens with one attached hydrogen (secondary N) is 1. The number of hydrogen-bond donors (Lipinski definition) is 2. The molecule has 3 N–H and O–H groups in total. The van der Waals surface area contributed by atoms with Gasteiger partial charge in [-0.05, 0) is 12.1 Å². The lowest BCUT2D eigenvalue weighted by Gasteiger charge is -1.96. The molecule has 0 aliphatic carbocycles. The van der Waals surface area contributed by atoms with Gasteiger partial charge >= 0.3 is 0 Å². The van der Waals surface area contributed by atoms with Crippen LogP contribution in [0.3, 0.4) is 0 Å². The molecule has 8 nitrogen and oxygen atoms in total. The van der Waals surface area contributed by atoms with Crippen molar-refractivity contribution in [3.63, 3.8) is 0 Å². The van der Waals surface area contributed by atoms with E-state index in [9.17, 15) is 0 Å². The van der Waals surface area contributed by atoms with Gasteiger partial charge in [0.1, 0.15) is 0 Å². The first-order chi connectivity index (χ1) is 8.34. The molecule has 8 heteroatoms. The Morgan fingerprint density at radius 2 is 2.29 bits per heavy atom. The van der Waals surface area contributed by atoms with E-state index in [2.05, 4.69) is 30.5 Å². The normalized spacial score (nSPS) is 10.6. The molecule has 0 aromatic carbocycles. The molecule has 0 saturated heterocycles. The third kappa shape index (κ3) is 1.61. The third-order valence-corrected chi connectivity index (χ3v) is 2.11. The molecule has 0 unspecified atom stereocenters. The van der Waals surface area contributed by atoms with Gasteiger partial charge in [0.2, 0.25) is 5.82 Å². The van der Waals surface area contributed by atoms with E-state index in [4.69, 9.17) is 10.3 Å². The molecule has 84 valence electrons. The summed E-state index contributed by atoms with van der Waals surface area (Å²) in [6.45, 7) is 0. The van der Waals surface area contributed by atoms with E-state index in [0.29, 0.717) is 22.9 Å². The summed E-state index contributed by atoms with van der Waals surface area (Å²) < 4.78 is 5.07. The molecular weight excluding hydrogens is 222 g/mol. The van der Waals surface area contributed by atoms with Crippen LogP contribution in [0.5, 0.6) is 0 Å². The predicted octanol–water partition coefficient (Wildman–Crippen LogP) is 0.499. The van der Waals surface area contributed by atoms with Crippen molar-refractivity contribution < 1.29 is 4.52 Å². The van der Waals surface area contributed by atoms with Crippen LogP contribution in [0.4, 0.5) is 5.69 Å². The van der Waals surface area contributed by atoms with Gasteiger partial charge in [-0.25, -0.2) is 4.98 Å². The van der Waals surface area contributed by atoms with Gasteiger partial charge in [-0.1, -0.05) is 5.16 Å². The van der Waals surface area contributed by atoms with Gasteiger partial charge in [-0.3, -0.25) is 0 Å². The largest absolute Gasteiger partial charge is 0.397 e. The standard InChI is InChI=1S/C9H7N7O/c10-5-2-1-3-11-7(5)9-13-8(15-17-9)6-4-12-16-14-6/h1-4H,10H2,(H,12,14,16). The Balaban J connectivity index is 2.04. The highest BCUT2D eigenvalue weighted by Crippen LogP contribution is 2.22. The van der Waals surface area contributed by atoms with Crippen LogP contribution in [0.2, 0.25) is 0 Å². The molecule has 3 heterocycles. The third-order valence-electron chi connectivity index (χ3n) is 2.11. The number of anilines is 1. The molecule has 0 fully saturated rings. The summed E-state index contributed by atoms with van der Waals surface area (Å²) in [4.78, 5) is 8.22. The van der Waals surface area contributed by atoms with Crippen LogP contribution in [0.1, 0.15) is 0 Å². The Morgan fingerprint density at radius 1 is 1.35 bits per heavy atom. The average Bonchev–Trinajstić information content (AvgIpc) is 3.00. The Labute approximate surface area is 94.9 Å². The smallest absolute Gasteiger partial charge is 0.279 e. The van der Waals surface area contributed by atoms with Crippen molar-refractivity contribution in [2.24, 2.45) is 0 Å². The fraction of sp³-hybridized carbons (Fsp3) is 0. The Morgan fingerprint density at radius 3 is 3.06 bits per heavy atom. The van der Waals surface area contributed by atoms with Gasteiger partial charge in [-0.2, -0.15) is 20.4 Å². The summed E-state index contributed by atoms with van der Waals surface area (Å²) in [6.07, 6.45) is 3.10. The lowest BCUT2D eigenvalue weighted by molar-refractivity contribution is 0.431. The summed E-state index contributed by atoms with van der Waals surface area (Å²) in [5.74, 6) is 0.583. The molecular formula is C9H7N7O. The Bertz CT molecular complexity index is 630. The molecule has 0 radical (unpaired) electrons. The average molecular weight is 229 g/mol. The van der Waals surface area contributed by atoms with Crippen LogP contribution in [-0.2, 0) is 0 Å². The van der Waals surface area contributed by atoms with Crippen LogP contribution in [-0.4, -0.2) is 30.5 Å². The highest BCUT2D eigenvalue weighted by Gasteiger charge is 2.15. The van der Waals surface area contributed by atoms with Crippen LogP contribution in [0.15, 0.2) is 29.0 Å². The number of aromatic nitrogens is 6. The first-order valence-electron chi connectivity index (χ1n) is 4.75. The lowest BCUT2D eigenvalue weighted by atomic mass is 10.3. The lowest BCUT2D eigenvalue weighted by Crippen LogP contribution is -1.92. The first kappa shape index (κ1) is 9.46. The molecule has 0 amide bonds. The zero-order chi connectivity index (χ0) is 11.7. The minimum Gasteiger partial charge on any atom is -0.397 e. The zero-order valence-electron chi connectivity index (χ0n) is 8.53. The number of aromatic amines is 1. The van der Waals surface area contributed by atoms with Crippen molar-refractivity contribution in [2.75, 3.05) is 5.73 Å². The maximum Gasteiger partial charge on any atom is 0.279 e. The second-order valence-electron chi connectivity index (χ2n) is 3.22. The molecule has 0 spiro atoms. The van der Waals surface area contributed by atoms with Crippen molar-refractivity contribution >= 4 is 5.69 Å². The fourth-order valence-electron chi connectivity index (χ4n) is 1.33. The Kier molecular flexibility index (Phi) is 2.04. The van der Waals surface area contributed by atoms with E-state index < -0.39 is 0 Å². The minimum atomic E-state index is 0.251. The maximum atomic E-state index is 5.76. The van der Waals surface area contributed by atoms with Crippen molar-refractivity contribution in [2.45, 2.75) is 0 Å². The molecule has 0 bridgehead atoms. The maximum absolute atomic E-state index is 5.76. The summed E-state index contributed by atoms with van der Waals surface area (Å²) in [6, 6.07) is 3.44. The van der Waals surface area contributed by atoms with Crippen molar-refractivity contribution in [3.8, 4) is 23.1 Å². The van der Waals surface area contributed by atoms with Crippen molar-refractivity contribution in [1.82, 2.24) is 30.5 Å². The van der Waals surface area contributed by atoms with E-state index in [-0.39, 0.29) is 5.89 Å². The predicted molar refractivity (Wildman–Crippen MR) is 57.3 cm³/mol. The highest BCUT2D eigenvalue weighted by atomic mass is 16.5. The summed E-state index contributed by atoms with van der Waals surface area (Å²) in [5.41, 5.74) is 7.18. The van der Waals surface area contributed by atoms with Crippen LogP contribution in [0.25, 0.3) is 23.1 Å². The monoisotopic (exact) mass is 229 g/mol. The zero-order valence-corrected chi connectivity index (χ0v) is 8.53. The van der Waals surface area contributed by atoms with Gasteiger partial charge in [0.15, 0.2) is 11.4 Å². The number of pyridine rings is 1. The van der Waals surface area contributed by atoms with E-state index in [1.165, 1.54) is 6.20 Å². The Hall–Kier alpha value is -2.77. The second-order valence-corrected chi connectivity index (χ2v) is 3.22. The SMILES string of the molecule is Nc1cccnc1-c1nc(-c2cn[nH]n2)no1. The number of nitrogens with two attached hydrogens (primary N) is 1. The number of rotatable bonds is 2. The molecule has 0 aliphatic rings. The van der Waals surface area contributed by atoms with Crippen molar-refractivity contribution in [1.29, 1.82) is 0 Å². The van der Waals surface area contributed by atoms with Crippen LogP contribution in [0, 0.1) is 0 Å². The number of nitrogens with zero attached hydrogens (tertiary/aromatic N) is 5. The molecule has 0 atom stereocenters. The van der Waals surface area contributed by atoms with Gasteiger partial charge < -0.3 is 10.3 Å². The fourth-order valence-corrected chi connectivity index (χ4v) is 1.33. The summed E-state index contributed by atoms with van der Waals surface area (Å²) >= 11 is 0. The molecule has 17 heavy (non-hydrogen) atoms. The highest BCUT2D eigenvalue weighted by molar-refractivity contribution is 5.66. The second kappa shape index (κ2) is 3.67. The van der Waals surface area contributed by atoms with Gasteiger partial charge in [0.05, 0.1) is 11.9 Å². The molecule has 3 rings (SSSR count). The van der Waals surface area contributed by atoms with Crippen LogP contribution >= 0.6 is 0 Å². The number of H-pyrrole nitrogens is 1. The van der Waals surface area contributed by atoms with Crippen LogP contribution < -0.4 is 5.73 Å². The van der Waals surface area contributed by atoms with Gasteiger partial charge in [0.25, 0.3) is 5.89 Å². The van der Waals surface area contributed by atoms with E-state index in [0.717, 1.165) is 0 Å². The van der Waals surface area contributed by atoms with Gasteiger partial charge in [-0.15, -0.1) is 0 Å². The molecule has 0 aliphatic heterocycles. The quantitative estimate of drug-likeness (QED) is 0.656. The first-order valence-corrected chi connectivity index (χ1v) is 4.75. The molecule has 3 aromatic rings. The van der Waals surface area contributed by atoms with Crippen molar-refractivity contribution in [3.05, 3.63) is 24.5 Å². The topological polar surface area (TPSA) is 119 Å². The van der Waals surface area contributed by atoms with E-state index in [1.807, 2.05) is 0 Å². The molecule has 3 aromatic heterocycles. The number of nitrogen functional groups attached to an aromatic ring is 1. The minimum absolute atomic E-state index is 0.251. The van der Waals surface area contributed by atoms with E-state index >= 15 is 0 Å². The van der Waals surface area contributed by atoms with Gasteiger partial charge in [0, 0.05) is 6.20 Å². The van der Waals surface area contributed by atoms with E-state index in [1.54, 1.807) is 18.3 Å². The molecule has 0 saturated carbocycles. The summed E-state index contributed by atoms with van der Waals surface area (Å²) in [5, 5.41) is 13.7. The number of hydrogen-bond acceptors (Lipinski definition) is 7. The summed E-state index contributed by atoms with van der Waals surface area (Å²) in [7, 11) is 0.